The van der Waals surface area contributed by atoms with Gasteiger partial charge < -0.3 is 5.32 Å². The van der Waals surface area contributed by atoms with Gasteiger partial charge in [-0.3, -0.25) is 4.90 Å². The van der Waals surface area contributed by atoms with E-state index in [-0.39, 0.29) is 0 Å². The Hall–Kier alpha value is -1.00. The van der Waals surface area contributed by atoms with Crippen LogP contribution in [0.3, 0.4) is 0 Å². The molecule has 0 aromatic heterocycles. The van der Waals surface area contributed by atoms with Crippen molar-refractivity contribution in [3.8, 4) is 0 Å². The van der Waals surface area contributed by atoms with Gasteiger partial charge in [-0.1, -0.05) is 6.92 Å². The molecule has 106 valence electrons. The van der Waals surface area contributed by atoms with Crippen LogP contribution in [-0.2, 0) is 6.54 Å². The first kappa shape index (κ1) is 14.4. The normalized spacial score (nSPS) is 19.3. The van der Waals surface area contributed by atoms with Crippen molar-refractivity contribution < 1.29 is 8.78 Å². The third kappa shape index (κ3) is 4.55. The van der Waals surface area contributed by atoms with Crippen LogP contribution in [0.15, 0.2) is 18.2 Å². The number of nitrogens with one attached hydrogen (secondary N) is 1. The summed E-state index contributed by atoms with van der Waals surface area (Å²) < 4.78 is 26.4. The number of nitrogens with zero attached hydrogens (tertiary/aromatic N) is 1. The molecule has 0 aliphatic carbocycles. The highest BCUT2D eigenvalue weighted by Gasteiger charge is 2.17. The van der Waals surface area contributed by atoms with Crippen molar-refractivity contribution in [2.75, 3.05) is 19.6 Å². The first-order valence-electron chi connectivity index (χ1n) is 7.08. The topological polar surface area (TPSA) is 15.3 Å². The molecule has 1 N–H and O–H groups in total. The molecule has 4 heteroatoms. The standard InChI is InChI=1S/C15H22F2N2/c1-2-6-19(11-15-4-3-5-18-15)10-12-7-13(16)9-14(17)8-12/h7-9,15,18H,2-6,10-11H2,1H3. The lowest BCUT2D eigenvalue weighted by molar-refractivity contribution is 0.241. The minimum Gasteiger partial charge on any atom is -0.313 e. The van der Waals surface area contributed by atoms with Gasteiger partial charge in [0.1, 0.15) is 11.6 Å². The summed E-state index contributed by atoms with van der Waals surface area (Å²) in [5.41, 5.74) is 0.712. The van der Waals surface area contributed by atoms with Gasteiger partial charge in [-0.25, -0.2) is 8.78 Å². The lowest BCUT2D eigenvalue weighted by atomic mass is 10.1. The van der Waals surface area contributed by atoms with Crippen LogP contribution in [0.5, 0.6) is 0 Å². The summed E-state index contributed by atoms with van der Waals surface area (Å²) in [4.78, 5) is 2.28. The molecule has 1 aromatic rings. The van der Waals surface area contributed by atoms with Gasteiger partial charge in [0.2, 0.25) is 0 Å². The zero-order chi connectivity index (χ0) is 13.7. The van der Waals surface area contributed by atoms with Crippen LogP contribution in [0.1, 0.15) is 31.7 Å². The second-order valence-corrected chi connectivity index (χ2v) is 5.31. The largest absolute Gasteiger partial charge is 0.313 e. The third-order valence-corrected chi connectivity index (χ3v) is 3.51. The summed E-state index contributed by atoms with van der Waals surface area (Å²) >= 11 is 0. The molecule has 0 bridgehead atoms. The fraction of sp³-hybridized carbons (Fsp3) is 0.600. The SMILES string of the molecule is CCCN(Cc1cc(F)cc(F)c1)CC1CCCN1. The lowest BCUT2D eigenvalue weighted by Crippen LogP contribution is -2.37. The highest BCUT2D eigenvalue weighted by atomic mass is 19.1. The first-order chi connectivity index (χ1) is 9.17. The lowest BCUT2D eigenvalue weighted by Gasteiger charge is -2.25. The quantitative estimate of drug-likeness (QED) is 0.853. The zero-order valence-electron chi connectivity index (χ0n) is 11.5. The number of hydrogen-bond acceptors (Lipinski definition) is 2. The summed E-state index contributed by atoms with van der Waals surface area (Å²) in [5.74, 6) is -0.990. The van der Waals surface area contributed by atoms with Crippen LogP contribution in [0.4, 0.5) is 8.78 Å². The maximum atomic E-state index is 13.2. The minimum atomic E-state index is -0.495. The van der Waals surface area contributed by atoms with Crippen molar-refractivity contribution in [1.82, 2.24) is 10.2 Å². The molecule has 0 saturated carbocycles. The van der Waals surface area contributed by atoms with Gasteiger partial charge in [-0.05, 0) is 50.0 Å². The Bertz CT molecular complexity index is 383. The summed E-state index contributed by atoms with van der Waals surface area (Å²) in [7, 11) is 0. The highest BCUT2D eigenvalue weighted by Crippen LogP contribution is 2.13. The maximum Gasteiger partial charge on any atom is 0.126 e. The monoisotopic (exact) mass is 268 g/mol. The van der Waals surface area contributed by atoms with E-state index < -0.39 is 11.6 Å². The molecule has 1 aliphatic rings. The Morgan fingerprint density at radius 2 is 2.00 bits per heavy atom. The minimum absolute atomic E-state index is 0.495. The van der Waals surface area contributed by atoms with Gasteiger partial charge in [0.25, 0.3) is 0 Å². The predicted octanol–water partition coefficient (Wildman–Crippen LogP) is 2.93. The van der Waals surface area contributed by atoms with E-state index in [2.05, 4.69) is 17.1 Å². The van der Waals surface area contributed by atoms with E-state index in [0.29, 0.717) is 18.2 Å². The molecule has 0 spiro atoms. The van der Waals surface area contributed by atoms with Crippen LogP contribution in [0.2, 0.25) is 0 Å². The van der Waals surface area contributed by atoms with E-state index in [1.165, 1.54) is 25.0 Å². The van der Waals surface area contributed by atoms with Gasteiger partial charge in [0.05, 0.1) is 0 Å². The molecule has 1 unspecified atom stereocenters. The maximum absolute atomic E-state index is 13.2. The summed E-state index contributed by atoms with van der Waals surface area (Å²) in [6, 6.07) is 4.29. The second-order valence-electron chi connectivity index (χ2n) is 5.31. The molecule has 19 heavy (non-hydrogen) atoms. The van der Waals surface area contributed by atoms with Crippen molar-refractivity contribution >= 4 is 0 Å². The van der Waals surface area contributed by atoms with E-state index in [0.717, 1.165) is 32.1 Å². The van der Waals surface area contributed by atoms with Crippen molar-refractivity contribution in [2.45, 2.75) is 38.8 Å². The first-order valence-corrected chi connectivity index (χ1v) is 7.08. The molecule has 1 saturated heterocycles. The Morgan fingerprint density at radius 3 is 2.58 bits per heavy atom. The molecular formula is C15H22F2N2. The molecule has 2 rings (SSSR count). The molecule has 1 aromatic carbocycles. The Kier molecular flexibility index (Phi) is 5.28. The van der Waals surface area contributed by atoms with E-state index in [1.54, 1.807) is 0 Å². The molecule has 1 heterocycles. The molecule has 0 radical (unpaired) electrons. The van der Waals surface area contributed by atoms with Crippen molar-refractivity contribution in [2.24, 2.45) is 0 Å². The average molecular weight is 268 g/mol. The number of benzene rings is 1. The molecule has 2 nitrogen and oxygen atoms in total. The van der Waals surface area contributed by atoms with E-state index in [1.807, 2.05) is 0 Å². The summed E-state index contributed by atoms with van der Waals surface area (Å²) in [5, 5.41) is 3.46. The molecule has 1 atom stereocenters. The van der Waals surface area contributed by atoms with E-state index in [4.69, 9.17) is 0 Å². The van der Waals surface area contributed by atoms with Gasteiger partial charge in [0.15, 0.2) is 0 Å². The summed E-state index contributed by atoms with van der Waals surface area (Å²) in [6.07, 6.45) is 3.46. The van der Waals surface area contributed by atoms with Crippen LogP contribution in [0.25, 0.3) is 0 Å². The Balaban J connectivity index is 1.98. The predicted molar refractivity (Wildman–Crippen MR) is 73.0 cm³/mol. The number of rotatable bonds is 6. The van der Waals surface area contributed by atoms with Gasteiger partial charge in [-0.2, -0.15) is 0 Å². The Morgan fingerprint density at radius 1 is 1.26 bits per heavy atom. The van der Waals surface area contributed by atoms with Crippen LogP contribution in [0, 0.1) is 11.6 Å². The van der Waals surface area contributed by atoms with Gasteiger partial charge >= 0.3 is 0 Å². The molecule has 0 amide bonds. The molecule has 1 aliphatic heterocycles. The number of hydrogen-bond donors (Lipinski definition) is 1. The average Bonchev–Trinajstić information content (AvgIpc) is 2.80. The van der Waals surface area contributed by atoms with E-state index >= 15 is 0 Å². The van der Waals surface area contributed by atoms with Gasteiger partial charge in [-0.15, -0.1) is 0 Å². The van der Waals surface area contributed by atoms with Crippen LogP contribution < -0.4 is 5.32 Å². The zero-order valence-corrected chi connectivity index (χ0v) is 11.5. The Labute approximate surface area is 113 Å². The molecular weight excluding hydrogens is 246 g/mol. The summed E-state index contributed by atoms with van der Waals surface area (Å²) in [6.45, 7) is 5.73. The fourth-order valence-electron chi connectivity index (χ4n) is 2.74. The van der Waals surface area contributed by atoms with Crippen molar-refractivity contribution in [1.29, 1.82) is 0 Å². The fourth-order valence-corrected chi connectivity index (χ4v) is 2.74. The van der Waals surface area contributed by atoms with Gasteiger partial charge in [0, 0.05) is 25.2 Å². The van der Waals surface area contributed by atoms with Crippen LogP contribution in [-0.4, -0.2) is 30.6 Å². The van der Waals surface area contributed by atoms with E-state index in [9.17, 15) is 8.78 Å². The smallest absolute Gasteiger partial charge is 0.126 e. The van der Waals surface area contributed by atoms with Crippen molar-refractivity contribution in [3.63, 3.8) is 0 Å². The molecule has 1 fully saturated rings. The number of halogens is 2. The van der Waals surface area contributed by atoms with Crippen molar-refractivity contribution in [3.05, 3.63) is 35.4 Å². The third-order valence-electron chi connectivity index (χ3n) is 3.51. The highest BCUT2D eigenvalue weighted by molar-refractivity contribution is 5.17. The second kappa shape index (κ2) is 6.96. The van der Waals surface area contributed by atoms with Crippen LogP contribution >= 0.6 is 0 Å².